The number of thiazole rings is 1. The summed E-state index contributed by atoms with van der Waals surface area (Å²) in [6.07, 6.45) is 6.35. The normalized spacial score (nSPS) is 15.3. The molecule has 2 aromatic carbocycles. The molecule has 2 heterocycles. The van der Waals surface area contributed by atoms with Crippen molar-refractivity contribution in [3.8, 4) is 0 Å². The molecule has 5 heteroatoms. The van der Waals surface area contributed by atoms with Gasteiger partial charge in [0.25, 0.3) is 0 Å². The Morgan fingerprint density at radius 2 is 1.82 bits per heavy atom. The van der Waals surface area contributed by atoms with Crippen molar-refractivity contribution in [3.05, 3.63) is 65.6 Å². The molecule has 1 aliphatic rings. The van der Waals surface area contributed by atoms with Crippen molar-refractivity contribution in [1.82, 2.24) is 9.97 Å². The number of fused-ring (bicyclic) bond motifs is 2. The van der Waals surface area contributed by atoms with Crippen molar-refractivity contribution in [3.63, 3.8) is 0 Å². The summed E-state index contributed by atoms with van der Waals surface area (Å²) in [5.41, 5.74) is 6.07. The van der Waals surface area contributed by atoms with Gasteiger partial charge in [0.15, 0.2) is 0 Å². The molecule has 0 unspecified atom stereocenters. The van der Waals surface area contributed by atoms with Gasteiger partial charge in [0.2, 0.25) is 0 Å². The van der Waals surface area contributed by atoms with E-state index < -0.39 is 0 Å². The number of nitrogens with zero attached hydrogens (tertiary/aromatic N) is 3. The molecule has 5 rings (SSSR count). The van der Waals surface area contributed by atoms with Gasteiger partial charge in [0.1, 0.15) is 5.82 Å². The Morgan fingerprint density at radius 3 is 2.71 bits per heavy atom. The lowest BCUT2D eigenvalue weighted by Crippen LogP contribution is -2.36. The monoisotopic (exact) mass is 391 g/mol. The van der Waals surface area contributed by atoms with Crippen LogP contribution in [0.15, 0.2) is 54.0 Å². The highest BCUT2D eigenvalue weighted by Gasteiger charge is 2.22. The number of hydrogen-bond acceptors (Lipinski definition) is 4. The zero-order valence-electron chi connectivity index (χ0n) is 15.6. The van der Waals surface area contributed by atoms with Crippen LogP contribution in [0.25, 0.3) is 21.1 Å². The van der Waals surface area contributed by atoms with E-state index in [1.807, 2.05) is 17.6 Å². The van der Waals surface area contributed by atoms with Crippen LogP contribution in [0, 0.1) is 5.82 Å². The lowest BCUT2D eigenvalue weighted by Gasteiger charge is -2.36. The van der Waals surface area contributed by atoms with Gasteiger partial charge in [-0.1, -0.05) is 25.3 Å². The van der Waals surface area contributed by atoms with Crippen LogP contribution in [0.1, 0.15) is 37.8 Å². The zero-order chi connectivity index (χ0) is 18.9. The molecule has 0 amide bonds. The third kappa shape index (κ3) is 3.47. The van der Waals surface area contributed by atoms with E-state index in [0.29, 0.717) is 6.04 Å². The minimum atomic E-state index is -0.219. The molecule has 1 fully saturated rings. The molecular formula is C23H22FN3S. The van der Waals surface area contributed by atoms with Crippen molar-refractivity contribution >= 4 is 38.1 Å². The topological polar surface area (TPSA) is 29.0 Å². The van der Waals surface area contributed by atoms with Gasteiger partial charge < -0.3 is 4.90 Å². The van der Waals surface area contributed by atoms with Crippen LogP contribution in [-0.2, 0) is 6.54 Å². The molecular weight excluding hydrogens is 369 g/mol. The molecule has 3 nitrogen and oxygen atoms in total. The van der Waals surface area contributed by atoms with Gasteiger partial charge in [-0.2, -0.15) is 0 Å². The van der Waals surface area contributed by atoms with Crippen molar-refractivity contribution in [2.75, 3.05) is 4.90 Å². The Hall–Kier alpha value is -2.53. The minimum Gasteiger partial charge on any atom is -0.363 e. The standard InChI is InChI=1S/C23H22FN3S/c24-17-7-10-21-16(12-17)6-8-18(26-21)14-27(19-4-2-1-3-5-19)20-9-11-22-23(13-20)28-15-25-22/h6-13,15,19H,1-5,14H2. The Labute approximate surface area is 167 Å². The number of pyridine rings is 1. The fourth-order valence-corrected chi connectivity index (χ4v) is 4.96. The second-order valence-corrected chi connectivity index (χ2v) is 8.45. The summed E-state index contributed by atoms with van der Waals surface area (Å²) in [4.78, 5) is 11.7. The maximum atomic E-state index is 13.5. The highest BCUT2D eigenvalue weighted by Crippen LogP contribution is 2.32. The van der Waals surface area contributed by atoms with E-state index in [1.165, 1.54) is 48.6 Å². The fourth-order valence-electron chi connectivity index (χ4n) is 4.25. The third-order valence-corrected chi connectivity index (χ3v) is 6.49. The Kier molecular flexibility index (Phi) is 4.69. The number of hydrogen-bond donors (Lipinski definition) is 0. The first-order valence-corrected chi connectivity index (χ1v) is 10.8. The molecule has 1 aliphatic carbocycles. The summed E-state index contributed by atoms with van der Waals surface area (Å²) in [7, 11) is 0. The molecule has 0 radical (unpaired) electrons. The predicted octanol–water partition coefficient (Wildman–Crippen LogP) is 6.32. The molecule has 142 valence electrons. The van der Waals surface area contributed by atoms with E-state index in [0.717, 1.165) is 28.7 Å². The maximum absolute atomic E-state index is 13.5. The van der Waals surface area contributed by atoms with E-state index >= 15 is 0 Å². The summed E-state index contributed by atoms with van der Waals surface area (Å²) in [6.45, 7) is 0.766. The summed E-state index contributed by atoms with van der Waals surface area (Å²) in [6, 6.07) is 15.9. The van der Waals surface area contributed by atoms with Gasteiger partial charge in [-0.15, -0.1) is 11.3 Å². The average molecular weight is 392 g/mol. The second-order valence-electron chi connectivity index (χ2n) is 7.56. The van der Waals surface area contributed by atoms with Crippen molar-refractivity contribution < 1.29 is 4.39 Å². The van der Waals surface area contributed by atoms with E-state index in [4.69, 9.17) is 4.98 Å². The molecule has 0 bridgehead atoms. The highest BCUT2D eigenvalue weighted by atomic mass is 32.1. The van der Waals surface area contributed by atoms with Crippen molar-refractivity contribution in [1.29, 1.82) is 0 Å². The molecule has 0 N–H and O–H groups in total. The first-order valence-electron chi connectivity index (χ1n) is 9.91. The van der Waals surface area contributed by atoms with Crippen LogP contribution in [0.4, 0.5) is 10.1 Å². The van der Waals surface area contributed by atoms with Gasteiger partial charge in [-0.3, -0.25) is 4.98 Å². The Morgan fingerprint density at radius 1 is 0.964 bits per heavy atom. The quantitative estimate of drug-likeness (QED) is 0.407. The average Bonchev–Trinajstić information content (AvgIpc) is 3.20. The molecule has 1 saturated carbocycles. The number of halogens is 1. The van der Waals surface area contributed by atoms with Gasteiger partial charge in [-0.05, 0) is 55.3 Å². The van der Waals surface area contributed by atoms with Gasteiger partial charge in [-0.25, -0.2) is 9.37 Å². The van der Waals surface area contributed by atoms with Crippen LogP contribution in [0.3, 0.4) is 0 Å². The molecule has 0 spiro atoms. The van der Waals surface area contributed by atoms with E-state index in [-0.39, 0.29) is 5.82 Å². The van der Waals surface area contributed by atoms with Crippen LogP contribution < -0.4 is 4.90 Å². The first kappa shape index (κ1) is 17.6. The highest BCUT2D eigenvalue weighted by molar-refractivity contribution is 7.16. The Balaban J connectivity index is 1.51. The van der Waals surface area contributed by atoms with Gasteiger partial charge in [0, 0.05) is 17.1 Å². The summed E-state index contributed by atoms with van der Waals surface area (Å²) < 4.78 is 14.7. The predicted molar refractivity (Wildman–Crippen MR) is 114 cm³/mol. The second kappa shape index (κ2) is 7.47. The lowest BCUT2D eigenvalue weighted by molar-refractivity contribution is 0.412. The molecule has 0 atom stereocenters. The fraction of sp³-hybridized carbons (Fsp3) is 0.304. The van der Waals surface area contributed by atoms with Crippen LogP contribution in [0.5, 0.6) is 0 Å². The SMILES string of the molecule is Fc1ccc2nc(CN(c3ccc4ncsc4c3)C3CCCCC3)ccc2c1. The van der Waals surface area contributed by atoms with Crippen LogP contribution in [0.2, 0.25) is 0 Å². The largest absolute Gasteiger partial charge is 0.363 e. The molecule has 4 aromatic rings. The minimum absolute atomic E-state index is 0.219. The van der Waals surface area contributed by atoms with Gasteiger partial charge in [0.05, 0.1) is 33.5 Å². The number of benzene rings is 2. The van der Waals surface area contributed by atoms with Crippen LogP contribution in [-0.4, -0.2) is 16.0 Å². The van der Waals surface area contributed by atoms with Crippen molar-refractivity contribution in [2.45, 2.75) is 44.7 Å². The van der Waals surface area contributed by atoms with Crippen LogP contribution >= 0.6 is 11.3 Å². The maximum Gasteiger partial charge on any atom is 0.123 e. The number of aromatic nitrogens is 2. The van der Waals surface area contributed by atoms with E-state index in [9.17, 15) is 4.39 Å². The van der Waals surface area contributed by atoms with Gasteiger partial charge >= 0.3 is 0 Å². The summed E-state index contributed by atoms with van der Waals surface area (Å²) in [5, 5.41) is 0.846. The zero-order valence-corrected chi connectivity index (χ0v) is 16.5. The molecule has 0 saturated heterocycles. The summed E-state index contributed by atoms with van der Waals surface area (Å²) >= 11 is 1.69. The number of rotatable bonds is 4. The lowest BCUT2D eigenvalue weighted by atomic mass is 9.93. The third-order valence-electron chi connectivity index (χ3n) is 5.70. The summed E-state index contributed by atoms with van der Waals surface area (Å²) in [5.74, 6) is -0.219. The molecule has 28 heavy (non-hydrogen) atoms. The smallest absolute Gasteiger partial charge is 0.123 e. The molecule has 2 aromatic heterocycles. The Bertz CT molecular complexity index is 1120. The molecule has 0 aliphatic heterocycles. The van der Waals surface area contributed by atoms with E-state index in [1.54, 1.807) is 23.5 Å². The number of anilines is 1. The van der Waals surface area contributed by atoms with E-state index in [2.05, 4.69) is 28.1 Å². The van der Waals surface area contributed by atoms with Crippen molar-refractivity contribution in [2.24, 2.45) is 0 Å². The first-order chi connectivity index (χ1) is 13.8.